The summed E-state index contributed by atoms with van der Waals surface area (Å²) >= 11 is 0. The minimum absolute atomic E-state index is 0.0616. The first-order valence-electron chi connectivity index (χ1n) is 8.08. The zero-order valence-corrected chi connectivity index (χ0v) is 12.9. The number of H-pyrrole nitrogens is 1. The van der Waals surface area contributed by atoms with Crippen LogP contribution in [0.5, 0.6) is 0 Å². The van der Waals surface area contributed by atoms with Crippen molar-refractivity contribution in [2.45, 2.75) is 31.7 Å². The first kappa shape index (κ1) is 14.1. The van der Waals surface area contributed by atoms with Gasteiger partial charge in [0.1, 0.15) is 11.6 Å². The van der Waals surface area contributed by atoms with Gasteiger partial charge < -0.3 is 14.3 Å². The van der Waals surface area contributed by atoms with Crippen LogP contribution in [0.15, 0.2) is 47.1 Å². The Morgan fingerprint density at radius 3 is 3.04 bits per heavy atom. The molecule has 0 spiro atoms. The van der Waals surface area contributed by atoms with E-state index in [1.807, 2.05) is 41.3 Å². The lowest BCUT2D eigenvalue weighted by Crippen LogP contribution is -2.31. The number of likely N-dealkylation sites (tertiary alicyclic amines) is 1. The van der Waals surface area contributed by atoms with E-state index in [2.05, 4.69) is 9.97 Å². The Balaban J connectivity index is 1.50. The highest BCUT2D eigenvalue weighted by atomic mass is 16.3. The molecular formula is C18H19N3O2. The van der Waals surface area contributed by atoms with Crippen LogP contribution in [0.25, 0.3) is 11.0 Å². The van der Waals surface area contributed by atoms with Crippen molar-refractivity contribution in [2.24, 2.45) is 0 Å². The Morgan fingerprint density at radius 1 is 1.30 bits per heavy atom. The van der Waals surface area contributed by atoms with Gasteiger partial charge >= 0.3 is 0 Å². The number of imidazole rings is 1. The second-order valence-electron chi connectivity index (χ2n) is 5.96. The SMILES string of the molecule is O=C(CCc1ccco1)N1CCCC1c1nc2ccccc2[nH]1. The number of carbonyl (C=O) groups excluding carboxylic acids is 1. The number of nitrogens with one attached hydrogen (secondary N) is 1. The molecule has 0 saturated carbocycles. The molecule has 1 saturated heterocycles. The number of amides is 1. The molecule has 118 valence electrons. The quantitative estimate of drug-likeness (QED) is 0.803. The first-order chi connectivity index (χ1) is 11.3. The normalized spacial score (nSPS) is 17.9. The maximum atomic E-state index is 12.6. The average Bonchev–Trinajstić information content (AvgIpc) is 3.31. The van der Waals surface area contributed by atoms with E-state index >= 15 is 0 Å². The summed E-state index contributed by atoms with van der Waals surface area (Å²) < 4.78 is 5.31. The van der Waals surface area contributed by atoms with Gasteiger partial charge in [0.25, 0.3) is 0 Å². The third kappa shape index (κ3) is 2.74. The molecule has 1 aliphatic heterocycles. The number of carbonyl (C=O) groups is 1. The summed E-state index contributed by atoms with van der Waals surface area (Å²) in [5.41, 5.74) is 1.98. The molecule has 0 radical (unpaired) electrons. The van der Waals surface area contributed by atoms with Gasteiger partial charge in [0, 0.05) is 19.4 Å². The predicted molar refractivity (Wildman–Crippen MR) is 86.8 cm³/mol. The van der Waals surface area contributed by atoms with Gasteiger partial charge in [-0.15, -0.1) is 0 Å². The number of furan rings is 1. The highest BCUT2D eigenvalue weighted by Crippen LogP contribution is 2.32. The number of hydrogen-bond acceptors (Lipinski definition) is 3. The summed E-state index contributed by atoms with van der Waals surface area (Å²) in [4.78, 5) is 22.6. The Bertz CT molecular complexity index is 774. The minimum atomic E-state index is 0.0616. The van der Waals surface area contributed by atoms with E-state index in [0.29, 0.717) is 12.8 Å². The molecule has 1 amide bonds. The van der Waals surface area contributed by atoms with E-state index in [1.54, 1.807) is 6.26 Å². The van der Waals surface area contributed by atoms with Crippen molar-refractivity contribution in [3.8, 4) is 0 Å². The molecule has 1 N–H and O–H groups in total. The number of para-hydroxylation sites is 2. The summed E-state index contributed by atoms with van der Waals surface area (Å²) in [7, 11) is 0. The number of hydrogen-bond donors (Lipinski definition) is 1. The molecule has 1 fully saturated rings. The molecule has 23 heavy (non-hydrogen) atoms. The number of aromatic nitrogens is 2. The molecule has 1 aliphatic rings. The zero-order chi connectivity index (χ0) is 15.6. The minimum Gasteiger partial charge on any atom is -0.469 e. The molecule has 1 aromatic carbocycles. The average molecular weight is 309 g/mol. The van der Waals surface area contributed by atoms with Crippen molar-refractivity contribution < 1.29 is 9.21 Å². The Hall–Kier alpha value is -2.56. The molecule has 1 unspecified atom stereocenters. The number of nitrogens with zero attached hydrogens (tertiary/aromatic N) is 2. The zero-order valence-electron chi connectivity index (χ0n) is 12.9. The molecule has 2 aromatic heterocycles. The first-order valence-corrected chi connectivity index (χ1v) is 8.08. The molecule has 1 atom stereocenters. The fourth-order valence-corrected chi connectivity index (χ4v) is 3.31. The van der Waals surface area contributed by atoms with E-state index in [1.165, 1.54) is 0 Å². The number of rotatable bonds is 4. The lowest BCUT2D eigenvalue weighted by molar-refractivity contribution is -0.132. The molecule has 5 heteroatoms. The summed E-state index contributed by atoms with van der Waals surface area (Å²) in [6.07, 6.45) is 4.76. The van der Waals surface area contributed by atoms with Crippen LogP contribution in [0.2, 0.25) is 0 Å². The van der Waals surface area contributed by atoms with Gasteiger partial charge in [-0.2, -0.15) is 0 Å². The van der Waals surface area contributed by atoms with Gasteiger partial charge in [-0.05, 0) is 37.1 Å². The molecule has 4 rings (SSSR count). The van der Waals surface area contributed by atoms with Gasteiger partial charge in [-0.25, -0.2) is 4.98 Å². The van der Waals surface area contributed by atoms with Gasteiger partial charge in [0.05, 0.1) is 23.3 Å². The van der Waals surface area contributed by atoms with Crippen molar-refractivity contribution in [1.29, 1.82) is 0 Å². The van der Waals surface area contributed by atoms with Gasteiger partial charge in [0.15, 0.2) is 0 Å². The summed E-state index contributed by atoms with van der Waals surface area (Å²) in [6.45, 7) is 0.804. The van der Waals surface area contributed by atoms with Crippen LogP contribution in [0.1, 0.15) is 36.9 Å². The van der Waals surface area contributed by atoms with Crippen molar-refractivity contribution in [3.63, 3.8) is 0 Å². The summed E-state index contributed by atoms with van der Waals surface area (Å²) in [6, 6.07) is 11.8. The van der Waals surface area contributed by atoms with E-state index in [-0.39, 0.29) is 11.9 Å². The fourth-order valence-electron chi connectivity index (χ4n) is 3.31. The second kappa shape index (κ2) is 5.91. The molecule has 3 aromatic rings. The number of fused-ring (bicyclic) bond motifs is 1. The van der Waals surface area contributed by atoms with Crippen LogP contribution in [-0.2, 0) is 11.2 Å². The topological polar surface area (TPSA) is 62.1 Å². The smallest absolute Gasteiger partial charge is 0.223 e. The maximum absolute atomic E-state index is 12.6. The maximum Gasteiger partial charge on any atom is 0.223 e. The van der Waals surface area contributed by atoms with Crippen molar-refractivity contribution in [2.75, 3.05) is 6.54 Å². The summed E-state index contributed by atoms with van der Waals surface area (Å²) in [5.74, 6) is 1.93. The Kier molecular flexibility index (Phi) is 3.61. The predicted octanol–water partition coefficient (Wildman–Crippen LogP) is 3.45. The molecule has 3 heterocycles. The number of aromatic amines is 1. The monoisotopic (exact) mass is 309 g/mol. The third-order valence-electron chi connectivity index (χ3n) is 4.46. The van der Waals surface area contributed by atoms with Crippen molar-refractivity contribution >= 4 is 16.9 Å². The van der Waals surface area contributed by atoms with Crippen LogP contribution in [-0.4, -0.2) is 27.3 Å². The molecule has 5 nitrogen and oxygen atoms in total. The van der Waals surface area contributed by atoms with Gasteiger partial charge in [0.2, 0.25) is 5.91 Å². The fraction of sp³-hybridized carbons (Fsp3) is 0.333. The Morgan fingerprint density at radius 2 is 2.22 bits per heavy atom. The van der Waals surface area contributed by atoms with Crippen LogP contribution >= 0.6 is 0 Å². The standard InChI is InChI=1S/C18H19N3O2/c22-17(10-9-13-5-4-12-23-13)21-11-3-8-16(21)18-19-14-6-1-2-7-15(14)20-18/h1-2,4-7,12,16H,3,8-11H2,(H,19,20). The van der Waals surface area contributed by atoms with Crippen LogP contribution in [0.3, 0.4) is 0 Å². The molecule has 0 bridgehead atoms. The third-order valence-corrected chi connectivity index (χ3v) is 4.46. The van der Waals surface area contributed by atoms with Crippen molar-refractivity contribution in [3.05, 3.63) is 54.2 Å². The van der Waals surface area contributed by atoms with Gasteiger partial charge in [-0.3, -0.25) is 4.79 Å². The van der Waals surface area contributed by atoms with E-state index in [0.717, 1.165) is 42.0 Å². The van der Waals surface area contributed by atoms with Gasteiger partial charge in [-0.1, -0.05) is 12.1 Å². The van der Waals surface area contributed by atoms with Crippen LogP contribution < -0.4 is 0 Å². The van der Waals surface area contributed by atoms with Crippen LogP contribution in [0, 0.1) is 0 Å². The van der Waals surface area contributed by atoms with Crippen molar-refractivity contribution in [1.82, 2.24) is 14.9 Å². The van der Waals surface area contributed by atoms with E-state index in [9.17, 15) is 4.79 Å². The number of benzene rings is 1. The molecular weight excluding hydrogens is 290 g/mol. The largest absolute Gasteiger partial charge is 0.469 e. The highest BCUT2D eigenvalue weighted by Gasteiger charge is 2.31. The van der Waals surface area contributed by atoms with E-state index in [4.69, 9.17) is 4.42 Å². The second-order valence-corrected chi connectivity index (χ2v) is 5.96. The van der Waals surface area contributed by atoms with E-state index < -0.39 is 0 Å². The number of aryl methyl sites for hydroxylation is 1. The summed E-state index contributed by atoms with van der Waals surface area (Å²) in [5, 5.41) is 0. The highest BCUT2D eigenvalue weighted by molar-refractivity contribution is 5.78. The lowest BCUT2D eigenvalue weighted by Gasteiger charge is -2.23. The van der Waals surface area contributed by atoms with Crippen LogP contribution in [0.4, 0.5) is 0 Å². The Labute approximate surface area is 134 Å². The lowest BCUT2D eigenvalue weighted by atomic mass is 10.2. The molecule has 0 aliphatic carbocycles.